The maximum Gasteiger partial charge on any atom is 0.504 e. The quantitative estimate of drug-likeness (QED) is 0.254. The Hall–Kier alpha value is -4.91. The van der Waals surface area contributed by atoms with E-state index in [2.05, 4.69) is 10.1 Å². The molecule has 0 radical (unpaired) electrons. The summed E-state index contributed by atoms with van der Waals surface area (Å²) < 4.78 is 70.3. The fraction of sp³-hybridized carbons (Fsp3) is 0.219. The van der Waals surface area contributed by atoms with Gasteiger partial charge in [-0.05, 0) is 54.2 Å². The summed E-state index contributed by atoms with van der Waals surface area (Å²) in [5.74, 6) is 0. The van der Waals surface area contributed by atoms with Gasteiger partial charge in [0.15, 0.2) is 0 Å². The minimum Gasteiger partial charge on any atom is -0.327 e. The first kappa shape index (κ1) is 30.1. The summed E-state index contributed by atoms with van der Waals surface area (Å²) in [6, 6.07) is 13.9. The molecule has 232 valence electrons. The monoisotopic (exact) mass is 635 g/mol. The number of nitrogens with one attached hydrogen (secondary N) is 1. The Balaban J connectivity index is 1.53. The average Bonchev–Trinajstić information content (AvgIpc) is 3.66. The molecule has 0 bridgehead atoms. The van der Waals surface area contributed by atoms with Crippen molar-refractivity contribution in [2.45, 2.75) is 37.7 Å². The van der Waals surface area contributed by atoms with Crippen molar-refractivity contribution in [2.75, 3.05) is 0 Å². The van der Waals surface area contributed by atoms with E-state index >= 15 is 0 Å². The molecule has 4 aromatic heterocycles. The lowest BCUT2D eigenvalue weighted by molar-refractivity contribution is -0.212. The molecular weight excluding hydrogens is 607 g/mol. The van der Waals surface area contributed by atoms with Gasteiger partial charge in [-0.25, -0.2) is 12.4 Å². The number of rotatable bonds is 6. The van der Waals surface area contributed by atoms with Crippen LogP contribution in [-0.4, -0.2) is 36.5 Å². The van der Waals surface area contributed by atoms with E-state index in [-0.39, 0.29) is 38.8 Å². The van der Waals surface area contributed by atoms with Crippen LogP contribution in [0.1, 0.15) is 32.3 Å². The van der Waals surface area contributed by atoms with Crippen molar-refractivity contribution < 1.29 is 21.6 Å². The van der Waals surface area contributed by atoms with E-state index in [9.17, 15) is 31.2 Å². The molecule has 1 aliphatic rings. The first-order valence-electron chi connectivity index (χ1n) is 14.0. The van der Waals surface area contributed by atoms with Crippen molar-refractivity contribution in [1.29, 1.82) is 0 Å². The van der Waals surface area contributed by atoms with E-state index in [1.54, 1.807) is 39.2 Å². The minimum absolute atomic E-state index is 0.0283. The van der Waals surface area contributed by atoms with Gasteiger partial charge < -0.3 is 9.55 Å². The largest absolute Gasteiger partial charge is 0.504 e. The van der Waals surface area contributed by atoms with E-state index in [1.807, 2.05) is 30.3 Å². The number of aromatic amines is 1. The molecule has 9 nitrogen and oxygen atoms in total. The lowest BCUT2D eigenvalue weighted by atomic mass is 9.84. The molecule has 1 atom stereocenters. The van der Waals surface area contributed by atoms with Gasteiger partial charge in [0, 0.05) is 48.2 Å². The SMILES string of the molecule is CCC1=CC(c2cc(=O)n(C)cc2-c2ccccc2)=CCC1(C)S(=O)(=O)n1c(-c2cnn(C(F)(F)F)c2)cc2cc[nH]c(=O)c21. The first-order chi connectivity index (χ1) is 21.3. The highest BCUT2D eigenvalue weighted by molar-refractivity contribution is 7.91. The van der Waals surface area contributed by atoms with Gasteiger partial charge in [0.05, 0.1) is 11.9 Å². The number of halogens is 3. The van der Waals surface area contributed by atoms with Crippen molar-refractivity contribution in [1.82, 2.24) is 23.3 Å². The summed E-state index contributed by atoms with van der Waals surface area (Å²) in [5.41, 5.74) is 2.06. The number of fused-ring (bicyclic) bond motifs is 1. The van der Waals surface area contributed by atoms with E-state index < -0.39 is 26.6 Å². The number of alkyl halides is 3. The van der Waals surface area contributed by atoms with Crippen molar-refractivity contribution in [2.24, 2.45) is 7.05 Å². The summed E-state index contributed by atoms with van der Waals surface area (Å²) in [7, 11) is -2.86. The standard InChI is InChI=1S/C32H28F3N5O4S/c1-4-24-14-21(25-16-28(41)38(3)19-26(25)20-8-6-5-7-9-20)10-12-31(24,2)45(43,44)40-27(15-22-11-13-36-30(42)29(22)40)23-17-37-39(18-23)32(33,34)35/h5-11,13-19H,4,12H2,1-3H3,(H,36,42). The second-order valence-corrected chi connectivity index (χ2v) is 13.3. The molecular formula is C32H28F3N5O4S. The summed E-state index contributed by atoms with van der Waals surface area (Å²) in [5, 5.41) is 3.62. The highest BCUT2D eigenvalue weighted by Gasteiger charge is 2.46. The molecule has 13 heteroatoms. The zero-order valence-electron chi connectivity index (χ0n) is 24.5. The third-order valence-electron chi connectivity index (χ3n) is 8.35. The van der Waals surface area contributed by atoms with Crippen LogP contribution in [0, 0.1) is 0 Å². The fourth-order valence-electron chi connectivity index (χ4n) is 5.87. The molecule has 0 spiro atoms. The van der Waals surface area contributed by atoms with Gasteiger partial charge in [-0.2, -0.15) is 9.78 Å². The normalized spacial score (nSPS) is 17.4. The molecule has 0 fully saturated rings. The molecule has 4 heterocycles. The number of benzene rings is 1. The molecule has 0 aliphatic heterocycles. The number of pyridine rings is 2. The Bertz CT molecular complexity index is 2260. The Kier molecular flexibility index (Phi) is 7.11. The van der Waals surface area contributed by atoms with Gasteiger partial charge >= 0.3 is 6.30 Å². The molecule has 0 saturated carbocycles. The van der Waals surface area contributed by atoms with Gasteiger partial charge in [-0.3, -0.25) is 9.59 Å². The lowest BCUT2D eigenvalue weighted by Gasteiger charge is -2.35. The second-order valence-electron chi connectivity index (χ2n) is 11.1. The topological polar surface area (TPSA) is 112 Å². The van der Waals surface area contributed by atoms with Crippen molar-refractivity contribution in [3.8, 4) is 22.4 Å². The molecule has 5 aromatic rings. The molecule has 1 aromatic carbocycles. The molecule has 1 unspecified atom stereocenters. The van der Waals surface area contributed by atoms with E-state index in [0.29, 0.717) is 29.3 Å². The van der Waals surface area contributed by atoms with Crippen LogP contribution in [0.2, 0.25) is 0 Å². The third-order valence-corrected chi connectivity index (χ3v) is 10.8. The number of aromatic nitrogens is 5. The third kappa shape index (κ3) is 4.87. The highest BCUT2D eigenvalue weighted by Crippen LogP contribution is 2.44. The number of H-pyrrole nitrogens is 1. The van der Waals surface area contributed by atoms with Crippen LogP contribution in [-0.2, 0) is 23.4 Å². The minimum atomic E-state index is -4.82. The van der Waals surface area contributed by atoms with Crippen LogP contribution in [0.4, 0.5) is 13.2 Å². The van der Waals surface area contributed by atoms with Gasteiger partial charge in [0.25, 0.3) is 11.1 Å². The maximum absolute atomic E-state index is 14.8. The smallest absolute Gasteiger partial charge is 0.327 e. The Labute approximate surface area is 255 Å². The number of hydrogen-bond acceptors (Lipinski definition) is 5. The average molecular weight is 636 g/mol. The Morgan fingerprint density at radius 3 is 2.42 bits per heavy atom. The summed E-state index contributed by atoms with van der Waals surface area (Å²) in [6.45, 7) is 3.35. The lowest BCUT2D eigenvalue weighted by Crippen LogP contribution is -2.42. The van der Waals surface area contributed by atoms with E-state index in [1.165, 1.54) is 29.0 Å². The molecule has 1 aliphatic carbocycles. The number of nitrogens with zero attached hydrogens (tertiary/aromatic N) is 4. The van der Waals surface area contributed by atoms with Gasteiger partial charge in [0.1, 0.15) is 10.3 Å². The van der Waals surface area contributed by atoms with Gasteiger partial charge in [-0.15, -0.1) is 13.2 Å². The van der Waals surface area contributed by atoms with E-state index in [0.717, 1.165) is 21.3 Å². The Morgan fingerprint density at radius 1 is 1.02 bits per heavy atom. The predicted octanol–water partition coefficient (Wildman–Crippen LogP) is 5.80. The van der Waals surface area contributed by atoms with Gasteiger partial charge in [0.2, 0.25) is 10.0 Å². The summed E-state index contributed by atoms with van der Waals surface area (Å²) >= 11 is 0. The fourth-order valence-corrected chi connectivity index (χ4v) is 7.95. The van der Waals surface area contributed by atoms with Crippen molar-refractivity contribution >= 4 is 26.5 Å². The molecule has 0 saturated heterocycles. The summed E-state index contributed by atoms with van der Waals surface area (Å²) in [6.07, 6.45) is 3.63. The van der Waals surface area contributed by atoms with Crippen LogP contribution in [0.3, 0.4) is 0 Å². The van der Waals surface area contributed by atoms with Crippen molar-refractivity contribution in [3.05, 3.63) is 117 Å². The zero-order valence-corrected chi connectivity index (χ0v) is 25.3. The molecule has 45 heavy (non-hydrogen) atoms. The predicted molar refractivity (Wildman–Crippen MR) is 166 cm³/mol. The van der Waals surface area contributed by atoms with Crippen LogP contribution >= 0.6 is 0 Å². The highest BCUT2D eigenvalue weighted by atomic mass is 32.2. The molecule has 6 rings (SSSR count). The molecule has 1 N–H and O–H groups in total. The maximum atomic E-state index is 14.8. The van der Waals surface area contributed by atoms with Gasteiger partial charge in [-0.1, -0.05) is 49.4 Å². The van der Waals surface area contributed by atoms with Crippen LogP contribution < -0.4 is 11.1 Å². The number of aryl methyl sites for hydroxylation is 1. The van der Waals surface area contributed by atoms with Crippen molar-refractivity contribution in [3.63, 3.8) is 0 Å². The van der Waals surface area contributed by atoms with E-state index in [4.69, 9.17) is 0 Å². The summed E-state index contributed by atoms with van der Waals surface area (Å²) in [4.78, 5) is 28.3. The van der Waals surface area contributed by atoms with Crippen LogP contribution in [0.5, 0.6) is 0 Å². The Morgan fingerprint density at radius 2 is 1.76 bits per heavy atom. The molecule has 0 amide bonds. The van der Waals surface area contributed by atoms with Crippen LogP contribution in [0.25, 0.3) is 38.9 Å². The number of hydrogen-bond donors (Lipinski definition) is 1. The zero-order chi connectivity index (χ0) is 32.3. The van der Waals surface area contributed by atoms with Crippen LogP contribution in [0.15, 0.2) is 101 Å². The first-order valence-corrected chi connectivity index (χ1v) is 15.5. The number of allylic oxidation sites excluding steroid dienone is 3. The second kappa shape index (κ2) is 10.6.